The predicted molar refractivity (Wildman–Crippen MR) is 60.7 cm³/mol. The topological polar surface area (TPSA) is 54.5 Å². The lowest BCUT2D eigenvalue weighted by atomic mass is 10.2. The number of likely N-dealkylation sites (tertiary alicyclic amines) is 1. The molecule has 2 unspecified atom stereocenters. The summed E-state index contributed by atoms with van der Waals surface area (Å²) in [6.07, 6.45) is 2.23. The third-order valence-corrected chi connectivity index (χ3v) is 6.23. The van der Waals surface area contributed by atoms with E-state index in [4.69, 9.17) is 0 Å². The Kier molecular flexibility index (Phi) is 3.07. The number of nitrogens with zero attached hydrogens (tertiary/aromatic N) is 1. The van der Waals surface area contributed by atoms with Crippen LogP contribution in [-0.4, -0.2) is 48.1 Å². The molecule has 0 N–H and O–H groups in total. The van der Waals surface area contributed by atoms with Crippen molar-refractivity contribution >= 4 is 31.7 Å². The van der Waals surface area contributed by atoms with Crippen molar-refractivity contribution in [3.05, 3.63) is 0 Å². The van der Waals surface area contributed by atoms with Crippen molar-refractivity contribution in [2.75, 3.05) is 18.8 Å². The van der Waals surface area contributed by atoms with Gasteiger partial charge in [0.2, 0.25) is 5.91 Å². The van der Waals surface area contributed by atoms with Gasteiger partial charge in [0, 0.05) is 13.1 Å². The molecule has 6 heteroatoms. The molecule has 0 aromatic heterocycles. The summed E-state index contributed by atoms with van der Waals surface area (Å²) in [6, 6.07) is 0. The molecule has 15 heavy (non-hydrogen) atoms. The zero-order valence-electron chi connectivity index (χ0n) is 8.36. The van der Waals surface area contributed by atoms with Gasteiger partial charge in [0.25, 0.3) is 0 Å². The van der Waals surface area contributed by atoms with Crippen LogP contribution in [-0.2, 0) is 14.6 Å². The Hall–Kier alpha value is -0.100. The smallest absolute Gasteiger partial charge is 0.236 e. The van der Waals surface area contributed by atoms with E-state index in [1.807, 2.05) is 0 Å². The highest BCUT2D eigenvalue weighted by atomic mass is 79.9. The standard InChI is InChI=1S/C9H14BrNO3S/c10-8-3-4-11(9(8)12)6-7-2-1-5-15(7,13)14/h7-8H,1-6H2. The van der Waals surface area contributed by atoms with Crippen LogP contribution >= 0.6 is 15.9 Å². The molecule has 2 atom stereocenters. The van der Waals surface area contributed by atoms with Crippen molar-refractivity contribution in [1.29, 1.82) is 0 Å². The number of carbonyl (C=O) groups is 1. The minimum absolute atomic E-state index is 0.0390. The van der Waals surface area contributed by atoms with Crippen molar-refractivity contribution < 1.29 is 13.2 Å². The number of carbonyl (C=O) groups excluding carboxylic acids is 1. The van der Waals surface area contributed by atoms with Gasteiger partial charge >= 0.3 is 0 Å². The van der Waals surface area contributed by atoms with E-state index < -0.39 is 9.84 Å². The summed E-state index contributed by atoms with van der Waals surface area (Å²) >= 11 is 3.28. The average molecular weight is 296 g/mol. The molecule has 2 aliphatic rings. The van der Waals surface area contributed by atoms with Crippen LogP contribution in [0.2, 0.25) is 0 Å². The van der Waals surface area contributed by atoms with Crippen LogP contribution in [0.3, 0.4) is 0 Å². The Labute approximate surface area is 98.1 Å². The molecule has 2 rings (SSSR count). The van der Waals surface area contributed by atoms with Crippen molar-refractivity contribution in [2.24, 2.45) is 0 Å². The monoisotopic (exact) mass is 295 g/mol. The second kappa shape index (κ2) is 4.05. The molecule has 0 saturated carbocycles. The molecule has 0 radical (unpaired) electrons. The van der Waals surface area contributed by atoms with E-state index in [1.165, 1.54) is 0 Å². The highest BCUT2D eigenvalue weighted by Gasteiger charge is 2.37. The van der Waals surface area contributed by atoms with Crippen LogP contribution in [0, 0.1) is 0 Å². The fraction of sp³-hybridized carbons (Fsp3) is 0.889. The number of alkyl halides is 1. The summed E-state index contributed by atoms with van der Waals surface area (Å²) in [5.41, 5.74) is 0. The van der Waals surface area contributed by atoms with Gasteiger partial charge < -0.3 is 4.90 Å². The minimum atomic E-state index is -2.92. The molecule has 0 aliphatic carbocycles. The first-order valence-electron chi connectivity index (χ1n) is 5.15. The zero-order chi connectivity index (χ0) is 11.1. The lowest BCUT2D eigenvalue weighted by molar-refractivity contribution is -0.127. The zero-order valence-corrected chi connectivity index (χ0v) is 10.8. The maximum atomic E-state index is 11.6. The van der Waals surface area contributed by atoms with E-state index in [0.717, 1.165) is 12.8 Å². The van der Waals surface area contributed by atoms with E-state index in [-0.39, 0.29) is 21.7 Å². The van der Waals surface area contributed by atoms with Gasteiger partial charge in [-0.1, -0.05) is 15.9 Å². The lowest BCUT2D eigenvalue weighted by Gasteiger charge is -2.19. The Morgan fingerprint density at radius 3 is 2.60 bits per heavy atom. The van der Waals surface area contributed by atoms with E-state index >= 15 is 0 Å². The Morgan fingerprint density at radius 1 is 1.40 bits per heavy atom. The van der Waals surface area contributed by atoms with Crippen molar-refractivity contribution in [3.63, 3.8) is 0 Å². The van der Waals surface area contributed by atoms with Gasteiger partial charge in [-0.05, 0) is 19.3 Å². The van der Waals surface area contributed by atoms with Crippen LogP contribution < -0.4 is 0 Å². The number of sulfone groups is 1. The summed E-state index contributed by atoms with van der Waals surface area (Å²) in [6.45, 7) is 1.07. The summed E-state index contributed by atoms with van der Waals surface area (Å²) < 4.78 is 23.2. The maximum Gasteiger partial charge on any atom is 0.236 e. The molecule has 0 aromatic rings. The van der Waals surface area contributed by atoms with Gasteiger partial charge in [0.1, 0.15) is 0 Å². The highest BCUT2D eigenvalue weighted by Crippen LogP contribution is 2.24. The van der Waals surface area contributed by atoms with E-state index in [2.05, 4.69) is 15.9 Å². The number of halogens is 1. The molecule has 0 spiro atoms. The fourth-order valence-corrected chi connectivity index (χ4v) is 4.52. The van der Waals surface area contributed by atoms with Crippen molar-refractivity contribution in [2.45, 2.75) is 29.3 Å². The third-order valence-electron chi connectivity index (χ3n) is 3.12. The van der Waals surface area contributed by atoms with Crippen molar-refractivity contribution in [1.82, 2.24) is 4.90 Å². The Balaban J connectivity index is 2.01. The van der Waals surface area contributed by atoms with Crippen LogP contribution in [0.25, 0.3) is 0 Å². The lowest BCUT2D eigenvalue weighted by Crippen LogP contribution is -2.37. The molecule has 2 fully saturated rings. The predicted octanol–water partition coefficient (Wildman–Crippen LogP) is 0.559. The van der Waals surface area contributed by atoms with Gasteiger partial charge in [0.15, 0.2) is 9.84 Å². The summed E-state index contributed by atoms with van der Waals surface area (Å²) in [7, 11) is -2.92. The molecule has 86 valence electrons. The largest absolute Gasteiger partial charge is 0.340 e. The van der Waals surface area contributed by atoms with Crippen LogP contribution in [0.15, 0.2) is 0 Å². The SMILES string of the molecule is O=C1C(Br)CCN1CC1CCCS1(=O)=O. The second-order valence-corrected chi connectivity index (χ2v) is 7.68. The highest BCUT2D eigenvalue weighted by molar-refractivity contribution is 9.10. The first-order chi connectivity index (χ1) is 7.00. The maximum absolute atomic E-state index is 11.6. The molecule has 2 saturated heterocycles. The van der Waals surface area contributed by atoms with E-state index in [9.17, 15) is 13.2 Å². The number of rotatable bonds is 2. The molecule has 0 bridgehead atoms. The molecule has 1 amide bonds. The first-order valence-corrected chi connectivity index (χ1v) is 7.78. The number of amides is 1. The second-order valence-electron chi connectivity index (χ2n) is 4.17. The quantitative estimate of drug-likeness (QED) is 0.700. The third kappa shape index (κ3) is 2.20. The van der Waals surface area contributed by atoms with Crippen molar-refractivity contribution in [3.8, 4) is 0 Å². The normalized spacial score (nSPS) is 35.0. The van der Waals surface area contributed by atoms with E-state index in [0.29, 0.717) is 19.5 Å². The van der Waals surface area contributed by atoms with Gasteiger partial charge in [0.05, 0.1) is 15.8 Å². The molecular weight excluding hydrogens is 282 g/mol. The summed E-state index contributed by atoms with van der Waals surface area (Å²) in [5, 5.41) is -0.320. The molecule has 2 aliphatic heterocycles. The molecule has 4 nitrogen and oxygen atoms in total. The van der Waals surface area contributed by atoms with Crippen LogP contribution in [0.4, 0.5) is 0 Å². The number of hydrogen-bond donors (Lipinski definition) is 0. The summed E-state index contributed by atoms with van der Waals surface area (Å²) in [5.74, 6) is 0.328. The van der Waals surface area contributed by atoms with E-state index in [1.54, 1.807) is 4.90 Å². The van der Waals surface area contributed by atoms with Gasteiger partial charge in [-0.2, -0.15) is 0 Å². The minimum Gasteiger partial charge on any atom is -0.340 e. The van der Waals surface area contributed by atoms with Crippen LogP contribution in [0.1, 0.15) is 19.3 Å². The molecular formula is C9H14BrNO3S. The first kappa shape index (κ1) is 11.4. The fourth-order valence-electron chi connectivity index (χ4n) is 2.19. The number of hydrogen-bond acceptors (Lipinski definition) is 3. The van der Waals surface area contributed by atoms with Crippen LogP contribution in [0.5, 0.6) is 0 Å². The Morgan fingerprint density at radius 2 is 2.13 bits per heavy atom. The van der Waals surface area contributed by atoms with Gasteiger partial charge in [-0.25, -0.2) is 8.42 Å². The summed E-state index contributed by atoms with van der Waals surface area (Å²) in [4.78, 5) is 13.2. The Bertz CT molecular complexity index is 368. The average Bonchev–Trinajstić information content (AvgIpc) is 2.64. The molecule has 0 aromatic carbocycles. The van der Waals surface area contributed by atoms with Gasteiger partial charge in [-0.15, -0.1) is 0 Å². The van der Waals surface area contributed by atoms with Gasteiger partial charge in [-0.3, -0.25) is 4.79 Å². The molecule has 2 heterocycles.